The lowest BCUT2D eigenvalue weighted by molar-refractivity contribution is 0.740. The third-order valence-electron chi connectivity index (χ3n) is 4.87. The molecule has 0 aliphatic carbocycles. The molecule has 2 aromatic carbocycles. The number of para-hydroxylation sites is 1. The van der Waals surface area contributed by atoms with Gasteiger partial charge in [0.1, 0.15) is 5.82 Å². The average molecular weight is 383 g/mol. The Kier molecular flexibility index (Phi) is 4.88. The van der Waals surface area contributed by atoms with Crippen LogP contribution in [0.1, 0.15) is 29.6 Å². The van der Waals surface area contributed by atoms with Crippen molar-refractivity contribution in [3.8, 4) is 11.8 Å². The van der Waals surface area contributed by atoms with Crippen LogP contribution in [0.25, 0.3) is 10.9 Å². The number of rotatable bonds is 3. The number of fused-ring (bicyclic) bond motifs is 1. The van der Waals surface area contributed by atoms with Crippen LogP contribution >= 0.6 is 0 Å². The number of aromatic nitrogens is 4. The van der Waals surface area contributed by atoms with Gasteiger partial charge in [0, 0.05) is 19.0 Å². The van der Waals surface area contributed by atoms with Gasteiger partial charge in [-0.2, -0.15) is 5.10 Å². The minimum Gasteiger partial charge on any atom is -0.290 e. The Morgan fingerprint density at radius 1 is 1.03 bits per heavy atom. The summed E-state index contributed by atoms with van der Waals surface area (Å²) in [5, 5.41) is 4.72. The zero-order chi connectivity index (χ0) is 20.4. The molecule has 2 heterocycles. The Morgan fingerprint density at radius 2 is 1.79 bits per heavy atom. The number of anilines is 1. The van der Waals surface area contributed by atoms with Crippen molar-refractivity contribution in [3.05, 3.63) is 87.7 Å². The summed E-state index contributed by atoms with van der Waals surface area (Å²) in [6.45, 7) is 3.94. The Bertz CT molecular complexity index is 1310. The van der Waals surface area contributed by atoms with Gasteiger partial charge in [0.15, 0.2) is 0 Å². The summed E-state index contributed by atoms with van der Waals surface area (Å²) in [5.41, 5.74) is 6.94. The highest BCUT2D eigenvalue weighted by Crippen LogP contribution is 2.15. The molecule has 0 fully saturated rings. The molecular formula is C23H21N5O. The summed E-state index contributed by atoms with van der Waals surface area (Å²) >= 11 is 0. The van der Waals surface area contributed by atoms with Crippen molar-refractivity contribution in [2.45, 2.75) is 20.3 Å². The second-order valence-corrected chi connectivity index (χ2v) is 6.72. The summed E-state index contributed by atoms with van der Waals surface area (Å²) < 4.78 is 3.29. The minimum atomic E-state index is -0.163. The van der Waals surface area contributed by atoms with E-state index >= 15 is 0 Å². The normalized spacial score (nSPS) is 10.6. The van der Waals surface area contributed by atoms with Crippen LogP contribution in [0.5, 0.6) is 0 Å². The number of nitrogens with one attached hydrogen (secondary N) is 1. The maximum Gasteiger partial charge on any atom is 0.281 e. The molecule has 0 spiro atoms. The molecular weight excluding hydrogens is 362 g/mol. The Hall–Kier alpha value is -3.85. The van der Waals surface area contributed by atoms with Crippen LogP contribution in [-0.4, -0.2) is 19.4 Å². The standard InChI is InChI=1S/C23H21N5O/c1-4-21-25-20-12-8-9-17(13-14-18-15-24-27(3)16(18)2)22(20)23(29)28(21)26-19-10-6-5-7-11-19/h5-12,15,26H,4H2,1-3H3. The molecule has 0 atom stereocenters. The number of nitrogens with zero attached hydrogens (tertiary/aromatic N) is 4. The molecule has 144 valence electrons. The Labute approximate surface area is 168 Å². The molecule has 2 aromatic heterocycles. The van der Waals surface area contributed by atoms with Crippen molar-refractivity contribution >= 4 is 16.6 Å². The lowest BCUT2D eigenvalue weighted by Crippen LogP contribution is -2.31. The van der Waals surface area contributed by atoms with Gasteiger partial charge in [-0.25, -0.2) is 9.66 Å². The van der Waals surface area contributed by atoms with Crippen molar-refractivity contribution in [2.24, 2.45) is 7.05 Å². The highest BCUT2D eigenvalue weighted by molar-refractivity contribution is 5.84. The molecule has 0 aliphatic heterocycles. The van der Waals surface area contributed by atoms with Gasteiger partial charge >= 0.3 is 0 Å². The molecule has 29 heavy (non-hydrogen) atoms. The number of hydrogen-bond acceptors (Lipinski definition) is 4. The van der Waals surface area contributed by atoms with E-state index < -0.39 is 0 Å². The highest BCUT2D eigenvalue weighted by atomic mass is 16.1. The fourth-order valence-corrected chi connectivity index (χ4v) is 3.13. The van der Waals surface area contributed by atoms with Gasteiger partial charge in [-0.05, 0) is 31.2 Å². The molecule has 6 heteroatoms. The van der Waals surface area contributed by atoms with Gasteiger partial charge < -0.3 is 0 Å². The van der Waals surface area contributed by atoms with E-state index in [0.29, 0.717) is 28.7 Å². The molecule has 6 nitrogen and oxygen atoms in total. The van der Waals surface area contributed by atoms with E-state index in [-0.39, 0.29) is 5.56 Å². The number of hydrogen-bond donors (Lipinski definition) is 1. The van der Waals surface area contributed by atoms with Gasteiger partial charge in [0.25, 0.3) is 5.56 Å². The molecule has 0 aliphatic rings. The summed E-state index contributed by atoms with van der Waals surface area (Å²) in [4.78, 5) is 18.1. The maximum atomic E-state index is 13.4. The van der Waals surface area contributed by atoms with Gasteiger partial charge in [-0.3, -0.25) is 14.9 Å². The highest BCUT2D eigenvalue weighted by Gasteiger charge is 2.13. The number of benzene rings is 2. The second-order valence-electron chi connectivity index (χ2n) is 6.72. The summed E-state index contributed by atoms with van der Waals surface area (Å²) in [6.07, 6.45) is 2.35. The fraction of sp³-hybridized carbons (Fsp3) is 0.174. The molecule has 0 saturated carbocycles. The topological polar surface area (TPSA) is 64.7 Å². The van der Waals surface area contributed by atoms with E-state index in [9.17, 15) is 4.79 Å². The van der Waals surface area contributed by atoms with Crippen molar-refractivity contribution < 1.29 is 0 Å². The second kappa shape index (κ2) is 7.64. The minimum absolute atomic E-state index is 0.163. The van der Waals surface area contributed by atoms with Crippen LogP contribution in [0.3, 0.4) is 0 Å². The monoisotopic (exact) mass is 383 g/mol. The molecule has 1 N–H and O–H groups in total. The SMILES string of the molecule is CCc1nc2cccc(C#Cc3cnn(C)c3C)c2c(=O)n1Nc1ccccc1. The van der Waals surface area contributed by atoms with Gasteiger partial charge in [-0.15, -0.1) is 0 Å². The zero-order valence-corrected chi connectivity index (χ0v) is 16.6. The summed E-state index contributed by atoms with van der Waals surface area (Å²) in [7, 11) is 1.88. The van der Waals surface area contributed by atoms with Crippen molar-refractivity contribution in [2.75, 3.05) is 5.43 Å². The predicted octanol–water partition coefficient (Wildman–Crippen LogP) is 3.28. The third kappa shape index (κ3) is 3.50. The molecule has 0 amide bonds. The van der Waals surface area contributed by atoms with Gasteiger partial charge in [0.05, 0.1) is 34.0 Å². The third-order valence-corrected chi connectivity index (χ3v) is 4.87. The molecule has 4 aromatic rings. The van der Waals surface area contributed by atoms with Crippen LogP contribution in [-0.2, 0) is 13.5 Å². The first-order valence-electron chi connectivity index (χ1n) is 9.46. The largest absolute Gasteiger partial charge is 0.290 e. The predicted molar refractivity (Wildman–Crippen MR) is 115 cm³/mol. The molecule has 0 unspecified atom stereocenters. The lowest BCUT2D eigenvalue weighted by atomic mass is 10.1. The average Bonchev–Trinajstić information content (AvgIpc) is 3.06. The van der Waals surface area contributed by atoms with E-state index in [1.807, 2.05) is 69.4 Å². The molecule has 4 rings (SSSR count). The van der Waals surface area contributed by atoms with Crippen molar-refractivity contribution in [1.29, 1.82) is 0 Å². The first kappa shape index (κ1) is 18.5. The quantitative estimate of drug-likeness (QED) is 0.552. The lowest BCUT2D eigenvalue weighted by Gasteiger charge is -2.15. The summed E-state index contributed by atoms with van der Waals surface area (Å²) in [5.74, 6) is 6.95. The number of aryl methyl sites for hydroxylation is 2. The molecule has 0 bridgehead atoms. The van der Waals surface area contributed by atoms with Gasteiger partial charge in [-0.1, -0.05) is 43.0 Å². The smallest absolute Gasteiger partial charge is 0.281 e. The van der Waals surface area contributed by atoms with Crippen LogP contribution < -0.4 is 11.0 Å². The van der Waals surface area contributed by atoms with E-state index in [1.54, 1.807) is 10.9 Å². The van der Waals surface area contributed by atoms with E-state index in [1.165, 1.54) is 4.68 Å². The van der Waals surface area contributed by atoms with Crippen LogP contribution in [0.4, 0.5) is 5.69 Å². The fourth-order valence-electron chi connectivity index (χ4n) is 3.13. The van der Waals surface area contributed by atoms with Crippen LogP contribution in [0.15, 0.2) is 59.5 Å². The maximum absolute atomic E-state index is 13.4. The summed E-state index contributed by atoms with van der Waals surface area (Å²) in [6, 6.07) is 15.2. The Morgan fingerprint density at radius 3 is 2.48 bits per heavy atom. The van der Waals surface area contributed by atoms with Crippen molar-refractivity contribution in [3.63, 3.8) is 0 Å². The first-order chi connectivity index (χ1) is 14.1. The van der Waals surface area contributed by atoms with Gasteiger partial charge in [0.2, 0.25) is 0 Å². The van der Waals surface area contributed by atoms with Crippen LogP contribution in [0.2, 0.25) is 0 Å². The van der Waals surface area contributed by atoms with E-state index in [0.717, 1.165) is 16.9 Å². The zero-order valence-electron chi connectivity index (χ0n) is 16.6. The molecule has 0 saturated heterocycles. The van der Waals surface area contributed by atoms with E-state index in [2.05, 4.69) is 22.4 Å². The van der Waals surface area contributed by atoms with Crippen molar-refractivity contribution in [1.82, 2.24) is 19.4 Å². The van der Waals surface area contributed by atoms with Crippen LogP contribution in [0, 0.1) is 18.8 Å². The first-order valence-corrected chi connectivity index (χ1v) is 9.46. The molecule has 0 radical (unpaired) electrons. The van der Waals surface area contributed by atoms with E-state index in [4.69, 9.17) is 4.98 Å². The Balaban J connectivity index is 1.88.